The fourth-order valence-corrected chi connectivity index (χ4v) is 1.30. The van der Waals surface area contributed by atoms with E-state index in [0.717, 1.165) is 0 Å². The molecule has 0 aliphatic heterocycles. The van der Waals surface area contributed by atoms with Gasteiger partial charge in [-0.25, -0.2) is 4.98 Å². The molecule has 0 amide bonds. The van der Waals surface area contributed by atoms with Crippen molar-refractivity contribution in [2.45, 2.75) is 0 Å². The lowest BCUT2D eigenvalue weighted by molar-refractivity contribution is 0.481. The third-order valence-corrected chi connectivity index (χ3v) is 2.04. The minimum Gasteiger partial charge on any atom is -0.457 e. The van der Waals surface area contributed by atoms with Crippen LogP contribution in [0.3, 0.4) is 0 Å². The zero-order valence-corrected chi connectivity index (χ0v) is 8.79. The van der Waals surface area contributed by atoms with Crippen LogP contribution in [0.25, 0.3) is 0 Å². The molecule has 2 rings (SSSR count). The van der Waals surface area contributed by atoms with E-state index in [1.807, 2.05) is 12.1 Å². The predicted molar refractivity (Wildman–Crippen MR) is 60.2 cm³/mol. The Morgan fingerprint density at radius 2 is 1.82 bits per heavy atom. The Balaban J connectivity index is 2.26. The van der Waals surface area contributed by atoms with Crippen LogP contribution in [-0.2, 0) is 0 Å². The number of benzene rings is 1. The van der Waals surface area contributed by atoms with Gasteiger partial charge in [-0.2, -0.15) is 10.5 Å². The molecular formula is C13H7N3O. The summed E-state index contributed by atoms with van der Waals surface area (Å²) < 4.78 is 5.52. The van der Waals surface area contributed by atoms with E-state index in [1.165, 1.54) is 6.20 Å². The van der Waals surface area contributed by atoms with Crippen LogP contribution in [0.2, 0.25) is 0 Å². The Hall–Kier alpha value is -2.85. The molecule has 0 aliphatic rings. The van der Waals surface area contributed by atoms with Gasteiger partial charge in [0, 0.05) is 12.3 Å². The highest BCUT2D eigenvalue weighted by molar-refractivity contribution is 5.39. The molecular weight excluding hydrogens is 214 g/mol. The van der Waals surface area contributed by atoms with Crippen molar-refractivity contribution >= 4 is 0 Å². The zero-order valence-electron chi connectivity index (χ0n) is 8.79. The van der Waals surface area contributed by atoms with Crippen LogP contribution < -0.4 is 4.74 Å². The van der Waals surface area contributed by atoms with Crippen molar-refractivity contribution in [1.29, 1.82) is 10.5 Å². The van der Waals surface area contributed by atoms with E-state index in [2.05, 4.69) is 4.98 Å². The quantitative estimate of drug-likeness (QED) is 0.781. The molecule has 80 valence electrons. The largest absolute Gasteiger partial charge is 0.457 e. The van der Waals surface area contributed by atoms with Crippen molar-refractivity contribution in [3.8, 4) is 23.6 Å². The molecule has 0 bridgehead atoms. The topological polar surface area (TPSA) is 69.7 Å². The number of hydrogen-bond acceptors (Lipinski definition) is 4. The van der Waals surface area contributed by atoms with Crippen molar-refractivity contribution < 1.29 is 4.74 Å². The average molecular weight is 221 g/mol. The Bertz CT molecular complexity index is 568. The first kappa shape index (κ1) is 10.7. The molecule has 4 nitrogen and oxygen atoms in total. The second kappa shape index (κ2) is 4.78. The average Bonchev–Trinajstić information content (AvgIpc) is 2.39. The Labute approximate surface area is 98.3 Å². The second-order valence-corrected chi connectivity index (χ2v) is 3.23. The number of hydrogen-bond donors (Lipinski definition) is 0. The molecule has 0 N–H and O–H groups in total. The summed E-state index contributed by atoms with van der Waals surface area (Å²) >= 11 is 0. The van der Waals surface area contributed by atoms with Crippen molar-refractivity contribution in [3.63, 3.8) is 0 Å². The molecule has 0 fully saturated rings. The molecule has 2 aromatic rings. The van der Waals surface area contributed by atoms with E-state index in [4.69, 9.17) is 15.3 Å². The van der Waals surface area contributed by atoms with E-state index < -0.39 is 0 Å². The van der Waals surface area contributed by atoms with Crippen molar-refractivity contribution in [1.82, 2.24) is 4.98 Å². The number of nitrogens with zero attached hydrogens (tertiary/aromatic N) is 3. The van der Waals surface area contributed by atoms with Gasteiger partial charge >= 0.3 is 0 Å². The first-order valence-electron chi connectivity index (χ1n) is 4.86. The molecule has 1 aromatic carbocycles. The molecule has 0 spiro atoms. The SMILES string of the molecule is N#Cc1cccc(Oc2ccnc(C#N)c2)c1. The molecule has 0 radical (unpaired) electrons. The van der Waals surface area contributed by atoms with E-state index in [-0.39, 0.29) is 0 Å². The molecule has 1 heterocycles. The van der Waals surface area contributed by atoms with Crippen molar-refractivity contribution in [3.05, 3.63) is 53.9 Å². The summed E-state index contributed by atoms with van der Waals surface area (Å²) in [6, 6.07) is 14.0. The smallest absolute Gasteiger partial charge is 0.144 e. The number of pyridine rings is 1. The maximum Gasteiger partial charge on any atom is 0.144 e. The van der Waals surface area contributed by atoms with Crippen LogP contribution in [0.1, 0.15) is 11.3 Å². The van der Waals surface area contributed by atoms with Crippen LogP contribution in [0.5, 0.6) is 11.5 Å². The number of ether oxygens (including phenoxy) is 1. The summed E-state index contributed by atoms with van der Waals surface area (Å²) in [7, 11) is 0. The van der Waals surface area contributed by atoms with Crippen LogP contribution in [-0.4, -0.2) is 4.98 Å². The van der Waals surface area contributed by atoms with Gasteiger partial charge in [0.2, 0.25) is 0 Å². The molecule has 0 saturated heterocycles. The highest BCUT2D eigenvalue weighted by Gasteiger charge is 2.00. The fraction of sp³-hybridized carbons (Fsp3) is 0. The molecule has 17 heavy (non-hydrogen) atoms. The lowest BCUT2D eigenvalue weighted by atomic mass is 10.2. The third-order valence-electron chi connectivity index (χ3n) is 2.04. The molecule has 1 aromatic heterocycles. The van der Waals surface area contributed by atoms with Crippen LogP contribution >= 0.6 is 0 Å². The molecule has 0 saturated carbocycles. The molecule has 0 aliphatic carbocycles. The van der Waals surface area contributed by atoms with E-state index in [0.29, 0.717) is 22.8 Å². The van der Waals surface area contributed by atoms with Gasteiger partial charge in [0.25, 0.3) is 0 Å². The van der Waals surface area contributed by atoms with E-state index in [1.54, 1.807) is 36.4 Å². The maximum atomic E-state index is 8.75. The molecule has 0 atom stereocenters. The Kier molecular flexibility index (Phi) is 3.00. The molecule has 0 unspecified atom stereocenters. The van der Waals surface area contributed by atoms with Gasteiger partial charge in [-0.15, -0.1) is 0 Å². The predicted octanol–water partition coefficient (Wildman–Crippen LogP) is 2.62. The van der Waals surface area contributed by atoms with Gasteiger partial charge in [0.15, 0.2) is 0 Å². The van der Waals surface area contributed by atoms with Crippen LogP contribution in [0.15, 0.2) is 42.6 Å². The maximum absolute atomic E-state index is 8.75. The minimum absolute atomic E-state index is 0.291. The fourth-order valence-electron chi connectivity index (χ4n) is 1.30. The third kappa shape index (κ3) is 2.58. The summed E-state index contributed by atoms with van der Waals surface area (Å²) in [6.45, 7) is 0. The highest BCUT2D eigenvalue weighted by atomic mass is 16.5. The Morgan fingerprint density at radius 3 is 2.59 bits per heavy atom. The lowest BCUT2D eigenvalue weighted by Crippen LogP contribution is -1.87. The number of rotatable bonds is 2. The summed E-state index contributed by atoms with van der Waals surface area (Å²) in [5.74, 6) is 1.07. The van der Waals surface area contributed by atoms with Gasteiger partial charge in [-0.1, -0.05) is 6.07 Å². The standard InChI is InChI=1S/C13H7N3O/c14-8-10-2-1-3-12(6-10)17-13-4-5-16-11(7-13)9-15/h1-7H. The first-order chi connectivity index (χ1) is 8.31. The van der Waals surface area contributed by atoms with Gasteiger partial charge < -0.3 is 4.74 Å². The summed E-state index contributed by atoms with van der Waals surface area (Å²) in [6.07, 6.45) is 1.50. The van der Waals surface area contributed by atoms with Crippen molar-refractivity contribution in [2.75, 3.05) is 0 Å². The summed E-state index contributed by atoms with van der Waals surface area (Å²) in [4.78, 5) is 3.84. The van der Waals surface area contributed by atoms with Gasteiger partial charge in [0.1, 0.15) is 23.3 Å². The van der Waals surface area contributed by atoms with Gasteiger partial charge in [0.05, 0.1) is 11.6 Å². The van der Waals surface area contributed by atoms with Gasteiger partial charge in [-0.3, -0.25) is 0 Å². The number of aromatic nitrogens is 1. The monoisotopic (exact) mass is 221 g/mol. The van der Waals surface area contributed by atoms with Crippen LogP contribution in [0, 0.1) is 22.7 Å². The van der Waals surface area contributed by atoms with Crippen molar-refractivity contribution in [2.24, 2.45) is 0 Å². The zero-order chi connectivity index (χ0) is 12.1. The molecule has 4 heteroatoms. The summed E-state index contributed by atoms with van der Waals surface area (Å²) in [5.41, 5.74) is 0.816. The normalized spacial score (nSPS) is 9.06. The second-order valence-electron chi connectivity index (χ2n) is 3.23. The van der Waals surface area contributed by atoms with Gasteiger partial charge in [-0.05, 0) is 24.3 Å². The van der Waals surface area contributed by atoms with E-state index in [9.17, 15) is 0 Å². The van der Waals surface area contributed by atoms with Crippen LogP contribution in [0.4, 0.5) is 0 Å². The lowest BCUT2D eigenvalue weighted by Gasteiger charge is -2.05. The minimum atomic E-state index is 0.291. The first-order valence-corrected chi connectivity index (χ1v) is 4.86. The van der Waals surface area contributed by atoms with E-state index >= 15 is 0 Å². The number of nitriles is 2. The highest BCUT2D eigenvalue weighted by Crippen LogP contribution is 2.21. The summed E-state index contributed by atoms with van der Waals surface area (Å²) in [5, 5.41) is 17.5. The Morgan fingerprint density at radius 1 is 1.00 bits per heavy atom.